The molecule has 1 N–H and O–H groups in total. The Kier molecular flexibility index (Phi) is 14.7. The number of esters is 6. The highest BCUT2D eigenvalue weighted by atomic mass is 32.2. The van der Waals surface area contributed by atoms with E-state index >= 15 is 0 Å². The van der Waals surface area contributed by atoms with Gasteiger partial charge in [-0.15, -0.1) is 0 Å². The number of aliphatic hydroxyl groups excluding tert-OH is 1. The Morgan fingerprint density at radius 2 is 1.15 bits per heavy atom. The van der Waals surface area contributed by atoms with Crippen molar-refractivity contribution in [3.05, 3.63) is 29.8 Å². The molecule has 0 unspecified atom stereocenters. The quantitative estimate of drug-likeness (QED) is 0.125. The van der Waals surface area contributed by atoms with Gasteiger partial charge in [0, 0.05) is 41.5 Å². The van der Waals surface area contributed by atoms with Crippen LogP contribution in [0.25, 0.3) is 0 Å². The van der Waals surface area contributed by atoms with Crippen molar-refractivity contribution in [3.8, 4) is 5.75 Å². The first-order valence-electron chi connectivity index (χ1n) is 15.7. The molecule has 2 heterocycles. The van der Waals surface area contributed by atoms with Crippen LogP contribution in [0.1, 0.15) is 53.2 Å². The Bertz CT molecular complexity index is 1670. The van der Waals surface area contributed by atoms with Gasteiger partial charge in [0.1, 0.15) is 49.5 Å². The van der Waals surface area contributed by atoms with Crippen molar-refractivity contribution in [2.24, 2.45) is 0 Å². The SMILES string of the molecule is CC(=O)OC[C@H]1O[C@H](O[C@@H]2[C@H](O)[C@@H](c3cccc(OS(=O)(=O)C(F)(F)F)c3)O[C@H](COC(C)=O)[C@H]2OC(C)=O)[C@H](OC(C)=O)[C@H](OC(C)=O)[C@@H]1OC(C)=O. The third-order valence-corrected chi connectivity index (χ3v) is 8.31. The molecule has 2 aliphatic heterocycles. The summed E-state index contributed by atoms with van der Waals surface area (Å²) in [5.41, 5.74) is -6.04. The number of rotatable bonds is 13. The number of carbonyl (C=O) groups is 6. The molecule has 302 valence electrons. The number of ether oxygens (including phenoxy) is 9. The lowest BCUT2D eigenvalue weighted by atomic mass is 9.90. The number of benzene rings is 1. The summed E-state index contributed by atoms with van der Waals surface area (Å²) in [4.78, 5) is 72.6. The van der Waals surface area contributed by atoms with Crippen molar-refractivity contribution in [2.45, 2.75) is 108 Å². The molecule has 0 radical (unpaired) electrons. The van der Waals surface area contributed by atoms with Gasteiger partial charge in [0.15, 0.2) is 30.7 Å². The summed E-state index contributed by atoms with van der Waals surface area (Å²) in [5.74, 6) is -6.48. The molecule has 0 bridgehead atoms. The molecule has 0 spiro atoms. The van der Waals surface area contributed by atoms with Crippen molar-refractivity contribution in [1.82, 2.24) is 0 Å². The minimum atomic E-state index is -6.15. The fourth-order valence-electron chi connectivity index (χ4n) is 5.40. The van der Waals surface area contributed by atoms with E-state index in [4.69, 9.17) is 42.6 Å². The maximum atomic E-state index is 13.1. The number of hydrogen-bond donors (Lipinski definition) is 1. The fourth-order valence-corrected chi connectivity index (χ4v) is 5.85. The van der Waals surface area contributed by atoms with E-state index in [1.165, 1.54) is 6.07 Å². The monoisotopic (exact) mass is 802 g/mol. The van der Waals surface area contributed by atoms with Crippen LogP contribution in [0.2, 0.25) is 0 Å². The molecule has 2 saturated heterocycles. The van der Waals surface area contributed by atoms with Gasteiger partial charge in [0.25, 0.3) is 0 Å². The predicted octanol–water partition coefficient (Wildman–Crippen LogP) is 0.679. The molecule has 2 fully saturated rings. The molecule has 2 aliphatic rings. The summed E-state index contributed by atoms with van der Waals surface area (Å²) in [6.45, 7) is 4.52. The lowest BCUT2D eigenvalue weighted by Gasteiger charge is -2.48. The molecule has 19 nitrogen and oxygen atoms in total. The molecule has 23 heteroatoms. The van der Waals surface area contributed by atoms with Crippen molar-refractivity contribution in [1.29, 1.82) is 0 Å². The van der Waals surface area contributed by atoms with Crippen LogP contribution < -0.4 is 4.18 Å². The van der Waals surface area contributed by atoms with Crippen molar-refractivity contribution >= 4 is 45.9 Å². The van der Waals surface area contributed by atoms with Gasteiger partial charge in [-0.3, -0.25) is 28.8 Å². The largest absolute Gasteiger partial charge is 0.534 e. The van der Waals surface area contributed by atoms with Gasteiger partial charge in [-0.05, 0) is 17.7 Å². The Morgan fingerprint density at radius 3 is 1.63 bits per heavy atom. The zero-order chi connectivity index (χ0) is 40.7. The first-order valence-corrected chi connectivity index (χ1v) is 17.1. The molecule has 1 aromatic rings. The van der Waals surface area contributed by atoms with Crippen molar-refractivity contribution < 1.29 is 102 Å². The molecular formula is C31H37F3O19S. The topological polar surface area (TPSA) is 249 Å². The van der Waals surface area contributed by atoms with Gasteiger partial charge in [0.2, 0.25) is 0 Å². The minimum Gasteiger partial charge on any atom is -0.463 e. The van der Waals surface area contributed by atoms with Crippen LogP contribution in [0.3, 0.4) is 0 Å². The second-order valence-electron chi connectivity index (χ2n) is 11.7. The second kappa shape index (κ2) is 18.2. The average Bonchev–Trinajstić information content (AvgIpc) is 3.02. The van der Waals surface area contributed by atoms with Crippen LogP contribution in [-0.4, -0.2) is 123 Å². The molecule has 0 aliphatic carbocycles. The van der Waals surface area contributed by atoms with E-state index < -0.39 is 132 Å². The third-order valence-electron chi connectivity index (χ3n) is 7.33. The number of carbonyl (C=O) groups excluding carboxylic acids is 6. The van der Waals surface area contributed by atoms with E-state index in [9.17, 15) is 55.5 Å². The van der Waals surface area contributed by atoms with E-state index in [0.717, 1.165) is 59.7 Å². The summed E-state index contributed by atoms with van der Waals surface area (Å²) in [5, 5.41) is 11.8. The van der Waals surface area contributed by atoms with Gasteiger partial charge in [0.05, 0.1) is 0 Å². The molecular weight excluding hydrogens is 765 g/mol. The van der Waals surface area contributed by atoms with Crippen molar-refractivity contribution in [3.63, 3.8) is 0 Å². The van der Waals surface area contributed by atoms with Crippen LogP contribution >= 0.6 is 0 Å². The maximum Gasteiger partial charge on any atom is 0.534 e. The van der Waals surface area contributed by atoms with Gasteiger partial charge in [-0.2, -0.15) is 21.6 Å². The third kappa shape index (κ3) is 11.7. The predicted molar refractivity (Wildman–Crippen MR) is 165 cm³/mol. The molecule has 1 aromatic carbocycles. The van der Waals surface area contributed by atoms with E-state index in [1.807, 2.05) is 0 Å². The van der Waals surface area contributed by atoms with Gasteiger partial charge >= 0.3 is 51.4 Å². The lowest BCUT2D eigenvalue weighted by molar-refractivity contribution is -0.345. The van der Waals surface area contributed by atoms with E-state index in [2.05, 4.69) is 4.18 Å². The van der Waals surface area contributed by atoms with E-state index in [-0.39, 0.29) is 5.56 Å². The minimum absolute atomic E-state index is 0.235. The highest BCUT2D eigenvalue weighted by Crippen LogP contribution is 2.40. The lowest BCUT2D eigenvalue weighted by Crippen LogP contribution is -2.66. The summed E-state index contributed by atoms with van der Waals surface area (Å²) < 4.78 is 116. The molecule has 0 aromatic heterocycles. The summed E-state index contributed by atoms with van der Waals surface area (Å²) in [6, 6.07) is 3.87. The van der Waals surface area contributed by atoms with E-state index in [0.29, 0.717) is 0 Å². The van der Waals surface area contributed by atoms with Gasteiger partial charge in [-0.25, -0.2) is 0 Å². The second-order valence-corrected chi connectivity index (χ2v) is 13.2. The zero-order valence-electron chi connectivity index (χ0n) is 29.3. The Balaban J connectivity index is 2.18. The fraction of sp³-hybridized carbons (Fsp3) is 0.613. The van der Waals surface area contributed by atoms with E-state index in [1.54, 1.807) is 0 Å². The molecule has 10 atom stereocenters. The number of aliphatic hydroxyl groups is 1. The first kappa shape index (κ1) is 43.8. The Hall–Kier alpha value is -4.58. The first-order chi connectivity index (χ1) is 25.0. The van der Waals surface area contributed by atoms with Crippen LogP contribution in [-0.2, 0) is 81.5 Å². The maximum absolute atomic E-state index is 13.1. The summed E-state index contributed by atoms with van der Waals surface area (Å²) >= 11 is 0. The molecule has 54 heavy (non-hydrogen) atoms. The number of hydrogen-bond acceptors (Lipinski definition) is 19. The molecule has 0 saturated carbocycles. The van der Waals surface area contributed by atoms with Gasteiger partial charge < -0.3 is 51.9 Å². The summed E-state index contributed by atoms with van der Waals surface area (Å²) in [7, 11) is -6.15. The summed E-state index contributed by atoms with van der Waals surface area (Å²) in [6.07, 6.45) is -17.6. The Labute approximate surface area is 305 Å². The highest BCUT2D eigenvalue weighted by molar-refractivity contribution is 7.88. The van der Waals surface area contributed by atoms with Crippen LogP contribution in [0, 0.1) is 0 Å². The molecule has 0 amide bonds. The van der Waals surface area contributed by atoms with Gasteiger partial charge in [-0.1, -0.05) is 12.1 Å². The highest BCUT2D eigenvalue weighted by Gasteiger charge is 2.57. The zero-order valence-corrected chi connectivity index (χ0v) is 30.2. The van der Waals surface area contributed by atoms with Crippen LogP contribution in [0.4, 0.5) is 13.2 Å². The smallest absolute Gasteiger partial charge is 0.463 e. The normalized spacial score (nSPS) is 28.5. The number of halogens is 3. The van der Waals surface area contributed by atoms with Crippen LogP contribution in [0.15, 0.2) is 24.3 Å². The molecule has 3 rings (SSSR count). The van der Waals surface area contributed by atoms with Crippen molar-refractivity contribution in [2.75, 3.05) is 13.2 Å². The Morgan fingerprint density at radius 1 is 0.685 bits per heavy atom. The average molecular weight is 803 g/mol. The van der Waals surface area contributed by atoms with Crippen LogP contribution in [0.5, 0.6) is 5.75 Å². The number of alkyl halides is 3. The standard InChI is InChI=1S/C31H37F3O19S/c1-13(35)44-11-21-25(46-15(3)37)27(23(41)24(50-21)19-8-7-9-20(10-19)53-54(42,43)31(32,33)34)52-30-29(49-18(6)40)28(48-17(5)39)26(47-16(4)38)22(51-30)12-45-14(2)36/h7-10,21-30,41H,11-12H2,1-6H3/t21-,22-,23-,24-,25-,26-,27-,28-,29-,30-/m1/s1.